The van der Waals surface area contributed by atoms with Gasteiger partial charge in [0.25, 0.3) is 0 Å². The Morgan fingerprint density at radius 1 is 0.824 bits per heavy atom. The molecule has 6 heterocycles. The number of H-pyrrole nitrogens is 2. The van der Waals surface area contributed by atoms with E-state index in [2.05, 4.69) is 65.6 Å². The smallest absolute Gasteiger partial charge is 0.181 e. The molecule has 166 valence electrons. The normalized spacial score (nSPS) is 11.4. The first-order valence-corrected chi connectivity index (χ1v) is 11.2. The number of nitrogens with zero attached hydrogens (tertiary/aromatic N) is 5. The average Bonchev–Trinajstić information content (AvgIpc) is 3.51. The fourth-order valence-electron chi connectivity index (χ4n) is 4.22. The Labute approximate surface area is 195 Å². The summed E-state index contributed by atoms with van der Waals surface area (Å²) in [5.41, 5.74) is 8.61. The number of aromatic amines is 2. The molecule has 0 aromatic carbocycles. The zero-order chi connectivity index (χ0) is 22.9. The summed E-state index contributed by atoms with van der Waals surface area (Å²) < 4.78 is 0. The van der Waals surface area contributed by atoms with Crippen LogP contribution in [0.15, 0.2) is 73.6 Å². The lowest BCUT2D eigenvalue weighted by Crippen LogP contribution is -2.11. The van der Waals surface area contributed by atoms with Crippen molar-refractivity contribution in [3.05, 3.63) is 79.1 Å². The molecule has 0 saturated carbocycles. The van der Waals surface area contributed by atoms with E-state index in [0.29, 0.717) is 5.65 Å². The minimum Gasteiger partial charge on any atom is -0.338 e. The summed E-state index contributed by atoms with van der Waals surface area (Å²) in [6, 6.07) is 12.4. The van der Waals surface area contributed by atoms with Crippen LogP contribution in [0, 0.1) is 0 Å². The third-order valence-corrected chi connectivity index (χ3v) is 5.91. The monoisotopic (exact) mass is 446 g/mol. The fourth-order valence-corrected chi connectivity index (χ4v) is 4.22. The third kappa shape index (κ3) is 3.60. The molecule has 6 aromatic rings. The van der Waals surface area contributed by atoms with E-state index in [1.807, 2.05) is 43.0 Å². The minimum absolute atomic E-state index is 0.663. The van der Waals surface area contributed by atoms with Crippen LogP contribution in [0.1, 0.15) is 12.5 Å². The maximum absolute atomic E-state index is 4.59. The SMILES string of the molecule is CCNCc1cncc(-c2cnc3n[nH]c(-c4cc5c(-c6ccncc6)ccnc5[nH]4)c3c2)c1. The van der Waals surface area contributed by atoms with E-state index in [4.69, 9.17) is 0 Å². The summed E-state index contributed by atoms with van der Waals surface area (Å²) in [5.74, 6) is 0. The van der Waals surface area contributed by atoms with Crippen molar-refractivity contribution >= 4 is 22.1 Å². The predicted octanol–water partition coefficient (Wildman–Crippen LogP) is 4.73. The van der Waals surface area contributed by atoms with Crippen molar-refractivity contribution in [1.82, 2.24) is 40.4 Å². The molecule has 0 unspecified atom stereocenters. The van der Waals surface area contributed by atoms with Gasteiger partial charge < -0.3 is 10.3 Å². The van der Waals surface area contributed by atoms with Gasteiger partial charge in [0.1, 0.15) is 5.65 Å². The number of aromatic nitrogens is 7. The maximum Gasteiger partial charge on any atom is 0.181 e. The fraction of sp³-hybridized carbons (Fsp3) is 0.115. The van der Waals surface area contributed by atoms with Crippen LogP contribution in [0.25, 0.3) is 55.7 Å². The Hall–Kier alpha value is -4.43. The molecule has 8 heteroatoms. The van der Waals surface area contributed by atoms with Crippen LogP contribution >= 0.6 is 0 Å². The number of rotatable bonds is 6. The summed E-state index contributed by atoms with van der Waals surface area (Å²) in [6.07, 6.45) is 11.0. The van der Waals surface area contributed by atoms with E-state index in [0.717, 1.165) is 68.7 Å². The summed E-state index contributed by atoms with van der Waals surface area (Å²) in [4.78, 5) is 21.1. The molecule has 0 spiro atoms. The second kappa shape index (κ2) is 8.49. The molecule has 34 heavy (non-hydrogen) atoms. The first kappa shape index (κ1) is 20.2. The van der Waals surface area contributed by atoms with Gasteiger partial charge in [-0.25, -0.2) is 9.97 Å². The van der Waals surface area contributed by atoms with Gasteiger partial charge in [0.15, 0.2) is 5.65 Å². The Balaban J connectivity index is 1.44. The molecule has 6 aromatic heterocycles. The first-order chi connectivity index (χ1) is 16.8. The largest absolute Gasteiger partial charge is 0.338 e. The lowest BCUT2D eigenvalue weighted by atomic mass is 10.0. The highest BCUT2D eigenvalue weighted by Crippen LogP contribution is 2.33. The maximum atomic E-state index is 4.59. The minimum atomic E-state index is 0.663. The Kier molecular flexibility index (Phi) is 5.04. The van der Waals surface area contributed by atoms with Gasteiger partial charge in [-0.05, 0) is 59.6 Å². The molecule has 0 radical (unpaired) electrons. The average molecular weight is 447 g/mol. The number of nitrogens with one attached hydrogen (secondary N) is 3. The molecule has 3 N–H and O–H groups in total. The van der Waals surface area contributed by atoms with Gasteiger partial charge in [0.2, 0.25) is 0 Å². The van der Waals surface area contributed by atoms with Crippen molar-refractivity contribution in [2.45, 2.75) is 13.5 Å². The summed E-state index contributed by atoms with van der Waals surface area (Å²) >= 11 is 0. The highest BCUT2D eigenvalue weighted by molar-refractivity contribution is 5.99. The standard InChI is InChI=1S/C26H22N8/c1-2-27-12-16-9-18(14-29-13-16)19-10-22-24(33-34-26(22)31-15-19)23-11-21-20(5-8-30-25(21)32-23)17-3-6-28-7-4-17/h3-11,13-15,27H,2,12H2,1H3,(H,30,32)(H,31,33,34). The van der Waals surface area contributed by atoms with Crippen LogP contribution in [-0.2, 0) is 6.54 Å². The van der Waals surface area contributed by atoms with Crippen LogP contribution in [0.2, 0.25) is 0 Å². The van der Waals surface area contributed by atoms with Crippen LogP contribution < -0.4 is 5.32 Å². The Bertz CT molecular complexity index is 1600. The number of hydrogen-bond acceptors (Lipinski definition) is 6. The third-order valence-electron chi connectivity index (χ3n) is 5.91. The van der Waals surface area contributed by atoms with E-state index < -0.39 is 0 Å². The van der Waals surface area contributed by atoms with E-state index >= 15 is 0 Å². The van der Waals surface area contributed by atoms with E-state index in [-0.39, 0.29) is 0 Å². The van der Waals surface area contributed by atoms with E-state index in [9.17, 15) is 0 Å². The Morgan fingerprint density at radius 3 is 2.59 bits per heavy atom. The molecular formula is C26H22N8. The zero-order valence-electron chi connectivity index (χ0n) is 18.6. The Morgan fingerprint density at radius 2 is 1.71 bits per heavy atom. The zero-order valence-corrected chi connectivity index (χ0v) is 18.6. The molecule has 6 rings (SSSR count). The van der Waals surface area contributed by atoms with Crippen molar-refractivity contribution in [3.8, 4) is 33.6 Å². The second-order valence-corrected chi connectivity index (χ2v) is 8.10. The van der Waals surface area contributed by atoms with E-state index in [1.165, 1.54) is 0 Å². The number of pyridine rings is 4. The van der Waals surface area contributed by atoms with Crippen molar-refractivity contribution in [2.24, 2.45) is 0 Å². The second-order valence-electron chi connectivity index (χ2n) is 8.10. The summed E-state index contributed by atoms with van der Waals surface area (Å²) in [6.45, 7) is 3.79. The molecular weight excluding hydrogens is 424 g/mol. The van der Waals surface area contributed by atoms with Gasteiger partial charge in [0.05, 0.1) is 11.4 Å². The van der Waals surface area contributed by atoms with Crippen molar-refractivity contribution in [3.63, 3.8) is 0 Å². The number of hydrogen-bond donors (Lipinski definition) is 3. The van der Waals surface area contributed by atoms with Gasteiger partial charge >= 0.3 is 0 Å². The predicted molar refractivity (Wildman–Crippen MR) is 133 cm³/mol. The molecule has 0 atom stereocenters. The molecule has 8 nitrogen and oxygen atoms in total. The summed E-state index contributed by atoms with van der Waals surface area (Å²) in [7, 11) is 0. The van der Waals surface area contributed by atoms with Gasteiger partial charge in [0, 0.05) is 65.6 Å². The molecule has 0 bridgehead atoms. The van der Waals surface area contributed by atoms with Crippen LogP contribution in [0.4, 0.5) is 0 Å². The lowest BCUT2D eigenvalue weighted by Gasteiger charge is -2.05. The van der Waals surface area contributed by atoms with Gasteiger partial charge in [-0.2, -0.15) is 5.10 Å². The van der Waals surface area contributed by atoms with Crippen molar-refractivity contribution in [1.29, 1.82) is 0 Å². The molecule has 0 aliphatic heterocycles. The molecule has 0 amide bonds. The first-order valence-electron chi connectivity index (χ1n) is 11.2. The van der Waals surface area contributed by atoms with Gasteiger partial charge in [-0.1, -0.05) is 6.92 Å². The van der Waals surface area contributed by atoms with Crippen LogP contribution in [-0.4, -0.2) is 41.7 Å². The number of fused-ring (bicyclic) bond motifs is 2. The molecule has 0 saturated heterocycles. The van der Waals surface area contributed by atoms with Crippen molar-refractivity contribution < 1.29 is 0 Å². The van der Waals surface area contributed by atoms with Crippen LogP contribution in [0.5, 0.6) is 0 Å². The highest BCUT2D eigenvalue weighted by atomic mass is 15.2. The van der Waals surface area contributed by atoms with Gasteiger partial charge in [-0.15, -0.1) is 0 Å². The topological polar surface area (TPSA) is 108 Å². The lowest BCUT2D eigenvalue weighted by molar-refractivity contribution is 0.724. The quantitative estimate of drug-likeness (QED) is 0.341. The molecule has 0 fully saturated rings. The summed E-state index contributed by atoms with van der Waals surface area (Å²) in [5, 5.41) is 12.9. The van der Waals surface area contributed by atoms with Crippen LogP contribution in [0.3, 0.4) is 0 Å². The van der Waals surface area contributed by atoms with E-state index in [1.54, 1.807) is 12.4 Å². The molecule has 0 aliphatic carbocycles. The van der Waals surface area contributed by atoms with Gasteiger partial charge in [-0.3, -0.25) is 15.1 Å². The highest BCUT2D eigenvalue weighted by Gasteiger charge is 2.15. The van der Waals surface area contributed by atoms with Crippen molar-refractivity contribution in [2.75, 3.05) is 6.54 Å². The molecule has 0 aliphatic rings.